The Labute approximate surface area is 247 Å². The van der Waals surface area contributed by atoms with Crippen molar-refractivity contribution in [3.05, 3.63) is 24.3 Å². The number of hydrogen-bond acceptors (Lipinski definition) is 4. The van der Waals surface area contributed by atoms with Gasteiger partial charge in [-0.3, -0.25) is 4.79 Å². The molecule has 2 fully saturated rings. The van der Waals surface area contributed by atoms with Gasteiger partial charge in [-0.2, -0.15) is 0 Å². The molecule has 3 unspecified atom stereocenters. The molecule has 0 saturated carbocycles. The molecule has 2 aliphatic rings. The minimum atomic E-state index is -0.379. The number of allylic oxidation sites excluding steroid dienone is 2. The average Bonchev–Trinajstić information content (AvgIpc) is 3.88. The molecule has 0 amide bonds. The minimum absolute atomic E-state index is 0.159. The molecule has 0 aliphatic carbocycles. The lowest BCUT2D eigenvalue weighted by Crippen LogP contribution is -2.15. The van der Waals surface area contributed by atoms with Crippen molar-refractivity contribution in [1.82, 2.24) is 0 Å². The zero-order chi connectivity index (χ0) is 28.7. The number of epoxide rings is 2. The zero-order valence-electron chi connectivity index (χ0n) is 26.2. The van der Waals surface area contributed by atoms with E-state index in [1.165, 1.54) is 83.5 Å². The van der Waals surface area contributed by atoms with Gasteiger partial charge in [0, 0.05) is 6.42 Å². The van der Waals surface area contributed by atoms with E-state index in [2.05, 4.69) is 38.2 Å². The number of carbonyl (C=O) groups excluding carboxylic acids is 2. The molecule has 0 spiro atoms. The van der Waals surface area contributed by atoms with Crippen LogP contribution in [0.1, 0.15) is 162 Å². The van der Waals surface area contributed by atoms with Gasteiger partial charge in [0.15, 0.2) is 0 Å². The maximum absolute atomic E-state index is 12.5. The fourth-order valence-corrected chi connectivity index (χ4v) is 5.73. The Morgan fingerprint density at radius 2 is 1.10 bits per heavy atom. The fourth-order valence-electron chi connectivity index (χ4n) is 5.73. The van der Waals surface area contributed by atoms with Crippen molar-refractivity contribution in [1.29, 1.82) is 0 Å². The highest BCUT2D eigenvalue weighted by Crippen LogP contribution is 2.31. The maximum atomic E-state index is 12.5. The summed E-state index contributed by atoms with van der Waals surface area (Å²) in [6, 6.07) is 0. The molecule has 0 bridgehead atoms. The van der Waals surface area contributed by atoms with Gasteiger partial charge in [-0.1, -0.05) is 115 Å². The summed E-state index contributed by atoms with van der Waals surface area (Å²) in [6.07, 6.45) is 38.1. The molecule has 2 heterocycles. The number of rotatable bonds is 29. The van der Waals surface area contributed by atoms with Crippen LogP contribution in [0.3, 0.4) is 0 Å². The molecule has 5 atom stereocenters. The summed E-state index contributed by atoms with van der Waals surface area (Å²) in [4.78, 5) is 23.9. The van der Waals surface area contributed by atoms with E-state index in [4.69, 9.17) is 9.47 Å². The fraction of sp³-hybridized carbons (Fsp3) is 0.833. The number of Topliss-reactive ketones (excluding diaryl/α,β-unsaturated/α-hetero) is 1. The van der Waals surface area contributed by atoms with Gasteiger partial charge >= 0.3 is 0 Å². The quantitative estimate of drug-likeness (QED) is 0.0301. The topological polar surface area (TPSA) is 59.2 Å². The molecule has 40 heavy (non-hydrogen) atoms. The lowest BCUT2D eigenvalue weighted by atomic mass is 9.94. The summed E-state index contributed by atoms with van der Waals surface area (Å²) in [5, 5.41) is 0. The summed E-state index contributed by atoms with van der Waals surface area (Å²) in [5.41, 5.74) is 0. The molecule has 0 aromatic rings. The van der Waals surface area contributed by atoms with Crippen molar-refractivity contribution in [2.45, 2.75) is 186 Å². The van der Waals surface area contributed by atoms with Crippen molar-refractivity contribution in [3.8, 4) is 0 Å². The number of hydrogen-bond donors (Lipinski definition) is 0. The highest BCUT2D eigenvalue weighted by Gasteiger charge is 2.37. The molecule has 0 radical (unpaired) electrons. The van der Waals surface area contributed by atoms with Gasteiger partial charge in [0.1, 0.15) is 12.1 Å². The van der Waals surface area contributed by atoms with Crippen LogP contribution >= 0.6 is 0 Å². The third-order valence-corrected chi connectivity index (χ3v) is 8.64. The molecule has 4 heteroatoms. The van der Waals surface area contributed by atoms with Gasteiger partial charge < -0.3 is 14.3 Å². The molecule has 4 nitrogen and oxygen atoms in total. The molecular formula is C36H62O4. The van der Waals surface area contributed by atoms with Crippen molar-refractivity contribution >= 4 is 12.1 Å². The zero-order valence-corrected chi connectivity index (χ0v) is 26.2. The molecule has 2 saturated heterocycles. The Balaban J connectivity index is 1.33. The third kappa shape index (κ3) is 17.5. The number of carbonyl (C=O) groups is 2. The minimum Gasteiger partial charge on any atom is -0.369 e. The largest absolute Gasteiger partial charge is 0.369 e. The van der Waals surface area contributed by atoms with Crippen LogP contribution in [0.2, 0.25) is 0 Å². The van der Waals surface area contributed by atoms with Gasteiger partial charge in [-0.05, 0) is 64.2 Å². The predicted octanol–water partition coefficient (Wildman–Crippen LogP) is 10.0. The standard InChI is InChI=1S/C36H62O4/c1-3-5-18-26-33-35(39-33)28-22-16-12-8-7-11-15-21-25-32(38)31(30-37)24-20-14-10-9-13-17-23-29-36-34(40-36)27-19-6-4-2/h16-17,22-23,30-31,33-36H,3-15,18-21,24-29H2,1-2H3/t31?,33-,34?,35+,36?/m1/s1. The molecule has 0 N–H and O–H groups in total. The van der Waals surface area contributed by atoms with Crippen LogP contribution in [0.25, 0.3) is 0 Å². The van der Waals surface area contributed by atoms with E-state index < -0.39 is 0 Å². The summed E-state index contributed by atoms with van der Waals surface area (Å²) in [7, 11) is 0. The molecule has 2 aliphatic heterocycles. The van der Waals surface area contributed by atoms with Crippen molar-refractivity contribution in [2.75, 3.05) is 0 Å². The van der Waals surface area contributed by atoms with Crippen LogP contribution in [0.15, 0.2) is 24.3 Å². The molecule has 230 valence electrons. The number of ether oxygens (including phenoxy) is 2. The molecular weight excluding hydrogens is 496 g/mol. The lowest BCUT2D eigenvalue weighted by molar-refractivity contribution is -0.127. The van der Waals surface area contributed by atoms with Crippen LogP contribution in [-0.2, 0) is 19.1 Å². The summed E-state index contributed by atoms with van der Waals surface area (Å²) in [5.74, 6) is -0.220. The van der Waals surface area contributed by atoms with Crippen molar-refractivity contribution < 1.29 is 19.1 Å². The highest BCUT2D eigenvalue weighted by atomic mass is 16.6. The first-order chi connectivity index (χ1) is 19.7. The summed E-state index contributed by atoms with van der Waals surface area (Å²) >= 11 is 0. The summed E-state index contributed by atoms with van der Waals surface area (Å²) < 4.78 is 11.5. The summed E-state index contributed by atoms with van der Waals surface area (Å²) in [6.45, 7) is 4.49. The smallest absolute Gasteiger partial charge is 0.143 e. The third-order valence-electron chi connectivity index (χ3n) is 8.64. The predicted molar refractivity (Wildman–Crippen MR) is 168 cm³/mol. The van der Waals surface area contributed by atoms with Crippen LogP contribution in [0.5, 0.6) is 0 Å². The average molecular weight is 559 g/mol. The van der Waals surface area contributed by atoms with E-state index in [1.807, 2.05) is 0 Å². The number of unbranched alkanes of at least 4 members (excludes halogenated alkanes) is 13. The lowest BCUT2D eigenvalue weighted by Gasteiger charge is -2.09. The van der Waals surface area contributed by atoms with E-state index in [1.54, 1.807) is 0 Å². The number of ketones is 1. The van der Waals surface area contributed by atoms with E-state index in [-0.39, 0.29) is 11.7 Å². The Kier molecular flexibility index (Phi) is 20.4. The Bertz CT molecular complexity index is 699. The van der Waals surface area contributed by atoms with Crippen molar-refractivity contribution in [2.24, 2.45) is 5.92 Å². The second kappa shape index (κ2) is 23.3. The monoisotopic (exact) mass is 558 g/mol. The Morgan fingerprint density at radius 1 is 0.600 bits per heavy atom. The van der Waals surface area contributed by atoms with Gasteiger partial charge in [-0.25, -0.2) is 0 Å². The van der Waals surface area contributed by atoms with E-state index in [0.29, 0.717) is 30.8 Å². The van der Waals surface area contributed by atoms with Gasteiger partial charge in [0.05, 0.1) is 30.3 Å². The second-order valence-electron chi connectivity index (χ2n) is 12.3. The molecule has 0 aromatic heterocycles. The van der Waals surface area contributed by atoms with E-state index in [9.17, 15) is 9.59 Å². The second-order valence-corrected chi connectivity index (χ2v) is 12.3. The molecule has 2 rings (SSSR count). The van der Waals surface area contributed by atoms with Gasteiger partial charge in [0.2, 0.25) is 0 Å². The van der Waals surface area contributed by atoms with Crippen LogP contribution in [0, 0.1) is 5.92 Å². The maximum Gasteiger partial charge on any atom is 0.143 e. The van der Waals surface area contributed by atoms with Crippen molar-refractivity contribution in [3.63, 3.8) is 0 Å². The SMILES string of the molecule is CCCCCC1OC1CC=CCCCCCCC(C=O)C(=O)CCCCCCCC=CC[C@@H]1O[C@@H]1CCCCC. The normalized spacial score (nSPS) is 22.8. The van der Waals surface area contributed by atoms with Crippen LogP contribution in [-0.4, -0.2) is 36.5 Å². The highest BCUT2D eigenvalue weighted by molar-refractivity contribution is 5.93. The van der Waals surface area contributed by atoms with Crippen LogP contribution in [0.4, 0.5) is 0 Å². The van der Waals surface area contributed by atoms with E-state index in [0.717, 1.165) is 64.1 Å². The Hall–Kier alpha value is -1.26. The van der Waals surface area contributed by atoms with E-state index >= 15 is 0 Å². The van der Waals surface area contributed by atoms with Gasteiger partial charge in [0.25, 0.3) is 0 Å². The first-order valence-corrected chi connectivity index (χ1v) is 17.3. The van der Waals surface area contributed by atoms with Crippen LogP contribution < -0.4 is 0 Å². The first-order valence-electron chi connectivity index (χ1n) is 17.3. The number of aldehydes is 1. The Morgan fingerprint density at radius 3 is 1.62 bits per heavy atom. The molecule has 0 aromatic carbocycles. The first kappa shape index (κ1) is 34.9. The van der Waals surface area contributed by atoms with Gasteiger partial charge in [-0.15, -0.1) is 0 Å².